The summed E-state index contributed by atoms with van der Waals surface area (Å²) in [6, 6.07) is 19.5. The third-order valence-corrected chi connectivity index (χ3v) is 9.01. The van der Waals surface area contributed by atoms with Gasteiger partial charge in [-0.05, 0) is 30.0 Å². The highest BCUT2D eigenvalue weighted by molar-refractivity contribution is 8.01. The number of para-hydroxylation sites is 1. The topological polar surface area (TPSA) is 53.3 Å². The SMILES string of the molecule is CN(C)c1cccc2c(S(=O)(=O)NCCSc3sc4ccccc4[n+]3C)cccc12. The molecule has 156 valence electrons. The summed E-state index contributed by atoms with van der Waals surface area (Å²) in [6.07, 6.45) is 0. The Morgan fingerprint density at radius 2 is 1.73 bits per heavy atom. The number of benzene rings is 3. The van der Waals surface area contributed by atoms with Gasteiger partial charge in [-0.2, -0.15) is 4.57 Å². The molecule has 4 aromatic rings. The second kappa shape index (κ2) is 8.55. The maximum Gasteiger partial charge on any atom is 0.298 e. The monoisotopic (exact) mass is 458 g/mol. The first-order valence-electron chi connectivity index (χ1n) is 9.57. The van der Waals surface area contributed by atoms with Crippen molar-refractivity contribution in [3.8, 4) is 0 Å². The second-order valence-corrected chi connectivity index (χ2v) is 11.3. The summed E-state index contributed by atoms with van der Waals surface area (Å²) in [7, 11) is 2.36. The largest absolute Gasteiger partial charge is 0.377 e. The first kappa shape index (κ1) is 21.1. The quantitative estimate of drug-likeness (QED) is 0.258. The number of thioether (sulfide) groups is 1. The zero-order chi connectivity index (χ0) is 21.3. The highest BCUT2D eigenvalue weighted by Crippen LogP contribution is 2.30. The number of hydrogen-bond acceptors (Lipinski definition) is 5. The van der Waals surface area contributed by atoms with Crippen molar-refractivity contribution in [1.82, 2.24) is 4.72 Å². The van der Waals surface area contributed by atoms with Crippen molar-refractivity contribution in [3.05, 3.63) is 60.7 Å². The molecule has 0 amide bonds. The van der Waals surface area contributed by atoms with Crippen molar-refractivity contribution in [2.24, 2.45) is 7.05 Å². The molecular weight excluding hydrogens is 434 g/mol. The van der Waals surface area contributed by atoms with Gasteiger partial charge in [-0.25, -0.2) is 13.1 Å². The van der Waals surface area contributed by atoms with Crippen LogP contribution in [0.3, 0.4) is 0 Å². The van der Waals surface area contributed by atoms with E-state index in [1.165, 1.54) is 10.2 Å². The Balaban J connectivity index is 1.50. The molecule has 8 heteroatoms. The average molecular weight is 459 g/mol. The van der Waals surface area contributed by atoms with Crippen LogP contribution in [0.15, 0.2) is 69.9 Å². The van der Waals surface area contributed by atoms with Crippen molar-refractivity contribution in [1.29, 1.82) is 0 Å². The second-order valence-electron chi connectivity index (χ2n) is 7.16. The highest BCUT2D eigenvalue weighted by Gasteiger charge is 2.20. The van der Waals surface area contributed by atoms with Gasteiger partial charge in [-0.15, -0.1) is 0 Å². The first-order chi connectivity index (χ1) is 14.4. The van der Waals surface area contributed by atoms with Crippen LogP contribution >= 0.6 is 23.1 Å². The van der Waals surface area contributed by atoms with E-state index in [2.05, 4.69) is 21.4 Å². The lowest BCUT2D eigenvalue weighted by atomic mass is 10.1. The van der Waals surface area contributed by atoms with Crippen molar-refractivity contribution >= 4 is 59.8 Å². The molecule has 1 aromatic heterocycles. The van der Waals surface area contributed by atoms with Gasteiger partial charge in [-0.3, -0.25) is 0 Å². The minimum atomic E-state index is -3.60. The third-order valence-electron chi connectivity index (χ3n) is 4.95. The minimum Gasteiger partial charge on any atom is -0.377 e. The summed E-state index contributed by atoms with van der Waals surface area (Å²) in [6.45, 7) is 0.366. The van der Waals surface area contributed by atoms with E-state index in [9.17, 15) is 8.42 Å². The molecule has 3 aromatic carbocycles. The third kappa shape index (κ3) is 4.05. The number of thiazole rings is 1. The Morgan fingerprint density at radius 3 is 2.50 bits per heavy atom. The minimum absolute atomic E-state index is 0.320. The van der Waals surface area contributed by atoms with Gasteiger partial charge in [0.25, 0.3) is 4.34 Å². The number of rotatable bonds is 7. The van der Waals surface area contributed by atoms with Gasteiger partial charge in [0.2, 0.25) is 15.5 Å². The number of aromatic nitrogens is 1. The van der Waals surface area contributed by atoms with Crippen LogP contribution in [-0.2, 0) is 17.1 Å². The Bertz CT molecular complexity index is 1310. The molecule has 0 aliphatic carbocycles. The predicted octanol–water partition coefficient (Wildman–Crippen LogP) is 4.02. The van der Waals surface area contributed by atoms with E-state index in [1.807, 2.05) is 62.4 Å². The predicted molar refractivity (Wildman–Crippen MR) is 127 cm³/mol. The Labute approximate surface area is 185 Å². The van der Waals surface area contributed by atoms with Crippen LogP contribution in [0.1, 0.15) is 0 Å². The standard InChI is InChI=1S/C22H24N3O2S3/c1-24(2)18-11-6-9-17-16(18)8-7-13-21(17)30(26,27)23-14-15-28-22-25(3)19-10-4-5-12-20(19)29-22/h4-13,23H,14-15H2,1-3H3/q+1. The van der Waals surface area contributed by atoms with Gasteiger partial charge in [0.15, 0.2) is 0 Å². The zero-order valence-electron chi connectivity index (χ0n) is 17.1. The van der Waals surface area contributed by atoms with E-state index in [0.717, 1.165) is 20.8 Å². The summed E-state index contributed by atoms with van der Waals surface area (Å²) in [5, 5.41) is 1.66. The van der Waals surface area contributed by atoms with E-state index in [0.29, 0.717) is 17.2 Å². The van der Waals surface area contributed by atoms with Crippen molar-refractivity contribution in [2.45, 2.75) is 9.24 Å². The van der Waals surface area contributed by atoms with Gasteiger partial charge >= 0.3 is 0 Å². The fourth-order valence-electron chi connectivity index (χ4n) is 3.49. The molecule has 0 saturated carbocycles. The van der Waals surface area contributed by atoms with E-state index >= 15 is 0 Å². The van der Waals surface area contributed by atoms with E-state index in [1.54, 1.807) is 35.2 Å². The van der Waals surface area contributed by atoms with E-state index in [4.69, 9.17) is 0 Å². The van der Waals surface area contributed by atoms with Crippen molar-refractivity contribution in [2.75, 3.05) is 31.3 Å². The fourth-order valence-corrected chi connectivity index (χ4v) is 7.17. The summed E-state index contributed by atoms with van der Waals surface area (Å²) in [4.78, 5) is 2.31. The highest BCUT2D eigenvalue weighted by atomic mass is 32.2. The molecule has 0 saturated heterocycles. The van der Waals surface area contributed by atoms with Crippen LogP contribution in [0.4, 0.5) is 5.69 Å². The van der Waals surface area contributed by atoms with Gasteiger partial charge in [0.05, 0.1) is 4.90 Å². The summed E-state index contributed by atoms with van der Waals surface area (Å²) >= 11 is 3.39. The molecule has 0 aliphatic heterocycles. The summed E-state index contributed by atoms with van der Waals surface area (Å²) < 4.78 is 33.3. The average Bonchev–Trinajstić information content (AvgIpc) is 3.06. The number of anilines is 1. The maximum absolute atomic E-state index is 13.0. The molecule has 0 atom stereocenters. The molecule has 30 heavy (non-hydrogen) atoms. The van der Waals surface area contributed by atoms with E-state index < -0.39 is 10.0 Å². The Morgan fingerprint density at radius 1 is 1.00 bits per heavy atom. The smallest absolute Gasteiger partial charge is 0.298 e. The van der Waals surface area contributed by atoms with Gasteiger partial charge in [0.1, 0.15) is 11.7 Å². The van der Waals surface area contributed by atoms with Crippen LogP contribution in [0.2, 0.25) is 0 Å². The Kier molecular flexibility index (Phi) is 6.02. The van der Waals surface area contributed by atoms with Crippen LogP contribution in [0, 0.1) is 0 Å². The Hall–Kier alpha value is -2.13. The fraction of sp³-hybridized carbons (Fsp3) is 0.227. The van der Waals surface area contributed by atoms with Crippen LogP contribution in [0.25, 0.3) is 21.0 Å². The molecule has 1 heterocycles. The lowest BCUT2D eigenvalue weighted by Crippen LogP contribution is -2.29. The molecule has 0 fully saturated rings. The molecule has 0 radical (unpaired) electrons. The van der Waals surface area contributed by atoms with Gasteiger partial charge in [-0.1, -0.05) is 47.7 Å². The van der Waals surface area contributed by atoms with Crippen LogP contribution < -0.4 is 14.2 Å². The molecular formula is C22H24N3O2S3+. The van der Waals surface area contributed by atoms with Gasteiger partial charge in [0, 0.05) is 48.9 Å². The first-order valence-corrected chi connectivity index (χ1v) is 12.9. The number of fused-ring (bicyclic) bond motifs is 2. The number of nitrogens with zero attached hydrogens (tertiary/aromatic N) is 2. The summed E-state index contributed by atoms with van der Waals surface area (Å²) in [5.74, 6) is 0.660. The number of sulfonamides is 1. The molecule has 0 bridgehead atoms. The van der Waals surface area contributed by atoms with Crippen LogP contribution in [0.5, 0.6) is 0 Å². The summed E-state index contributed by atoms with van der Waals surface area (Å²) in [5.41, 5.74) is 2.19. The maximum atomic E-state index is 13.0. The van der Waals surface area contributed by atoms with Crippen molar-refractivity contribution < 1.29 is 13.0 Å². The van der Waals surface area contributed by atoms with E-state index in [-0.39, 0.29) is 0 Å². The molecule has 0 unspecified atom stereocenters. The molecule has 4 rings (SSSR count). The molecule has 5 nitrogen and oxygen atoms in total. The number of aryl methyl sites for hydroxylation is 1. The molecule has 0 aliphatic rings. The number of nitrogens with one attached hydrogen (secondary N) is 1. The normalized spacial score (nSPS) is 12.0. The zero-order valence-corrected chi connectivity index (χ0v) is 19.6. The molecule has 0 spiro atoms. The number of hydrogen-bond donors (Lipinski definition) is 1. The van der Waals surface area contributed by atoms with Crippen LogP contribution in [-0.4, -0.2) is 34.8 Å². The lowest BCUT2D eigenvalue weighted by Gasteiger charge is -2.17. The molecule has 1 N–H and O–H groups in total. The lowest BCUT2D eigenvalue weighted by molar-refractivity contribution is -0.676. The van der Waals surface area contributed by atoms with Gasteiger partial charge < -0.3 is 4.90 Å². The van der Waals surface area contributed by atoms with Crippen molar-refractivity contribution in [3.63, 3.8) is 0 Å².